The normalized spacial score (nSPS) is 21.1. The van der Waals surface area contributed by atoms with Crippen molar-refractivity contribution in [3.8, 4) is 0 Å². The fraction of sp³-hybridized carbons (Fsp3) is 0.300. The summed E-state index contributed by atoms with van der Waals surface area (Å²) in [6, 6.07) is 5.08. The van der Waals surface area contributed by atoms with Gasteiger partial charge in [-0.05, 0) is 40.5 Å². The minimum atomic E-state index is -0.368. The standard InChI is InChI=1S/C10H10BrClN2O/c11-7-2-1-6(5-8(7)12)14-4-3-9(13)10(14)15/h1-2,5,9H,3-4,13H2. The predicted octanol–water partition coefficient (Wildman–Crippen LogP) is 2.17. The summed E-state index contributed by atoms with van der Waals surface area (Å²) in [7, 11) is 0. The van der Waals surface area contributed by atoms with Gasteiger partial charge in [0.15, 0.2) is 0 Å². The molecule has 0 radical (unpaired) electrons. The lowest BCUT2D eigenvalue weighted by atomic mass is 10.3. The molecule has 1 saturated heterocycles. The molecular formula is C10H10BrClN2O. The van der Waals surface area contributed by atoms with Gasteiger partial charge in [-0.25, -0.2) is 0 Å². The van der Waals surface area contributed by atoms with Crippen LogP contribution in [-0.4, -0.2) is 18.5 Å². The second-order valence-corrected chi connectivity index (χ2v) is 4.74. The molecule has 1 unspecified atom stereocenters. The second-order valence-electron chi connectivity index (χ2n) is 3.48. The Labute approximate surface area is 101 Å². The van der Waals surface area contributed by atoms with Crippen molar-refractivity contribution in [1.29, 1.82) is 0 Å². The third kappa shape index (κ3) is 2.02. The van der Waals surface area contributed by atoms with Gasteiger partial charge in [0.1, 0.15) is 0 Å². The summed E-state index contributed by atoms with van der Waals surface area (Å²) in [6.07, 6.45) is 0.701. The van der Waals surface area contributed by atoms with E-state index in [1.54, 1.807) is 11.0 Å². The van der Waals surface area contributed by atoms with Crippen LogP contribution in [-0.2, 0) is 4.79 Å². The summed E-state index contributed by atoms with van der Waals surface area (Å²) in [6.45, 7) is 0.665. The molecule has 0 saturated carbocycles. The van der Waals surface area contributed by atoms with E-state index in [1.165, 1.54) is 0 Å². The van der Waals surface area contributed by atoms with Crippen molar-refractivity contribution in [3.05, 3.63) is 27.7 Å². The van der Waals surface area contributed by atoms with Crippen LogP contribution in [0.1, 0.15) is 6.42 Å². The fourth-order valence-electron chi connectivity index (χ4n) is 1.61. The van der Waals surface area contributed by atoms with Gasteiger partial charge in [-0.2, -0.15) is 0 Å². The molecule has 2 rings (SSSR count). The Bertz CT molecular complexity index is 410. The molecular weight excluding hydrogens is 279 g/mol. The first-order valence-electron chi connectivity index (χ1n) is 4.61. The molecule has 1 atom stereocenters. The maximum atomic E-state index is 11.6. The van der Waals surface area contributed by atoms with E-state index in [2.05, 4.69) is 15.9 Å². The van der Waals surface area contributed by atoms with Gasteiger partial charge in [-0.1, -0.05) is 11.6 Å². The zero-order chi connectivity index (χ0) is 11.0. The molecule has 0 aliphatic carbocycles. The van der Waals surface area contributed by atoms with Crippen molar-refractivity contribution in [1.82, 2.24) is 0 Å². The number of halogens is 2. The lowest BCUT2D eigenvalue weighted by molar-refractivity contribution is -0.118. The van der Waals surface area contributed by atoms with Crippen LogP contribution in [0.15, 0.2) is 22.7 Å². The molecule has 1 fully saturated rings. The maximum absolute atomic E-state index is 11.6. The largest absolute Gasteiger partial charge is 0.320 e. The lowest BCUT2D eigenvalue weighted by Crippen LogP contribution is -2.33. The van der Waals surface area contributed by atoms with Crippen LogP contribution >= 0.6 is 27.5 Å². The van der Waals surface area contributed by atoms with Crippen molar-refractivity contribution >= 4 is 39.1 Å². The van der Waals surface area contributed by atoms with Crippen molar-refractivity contribution in [2.75, 3.05) is 11.4 Å². The second kappa shape index (κ2) is 4.12. The Kier molecular flexibility index (Phi) is 3.00. The van der Waals surface area contributed by atoms with Crippen molar-refractivity contribution in [2.45, 2.75) is 12.5 Å². The third-order valence-electron chi connectivity index (χ3n) is 2.46. The third-order valence-corrected chi connectivity index (χ3v) is 3.69. The number of anilines is 1. The molecule has 0 bridgehead atoms. The Morgan fingerprint density at radius 1 is 1.53 bits per heavy atom. The molecule has 3 nitrogen and oxygen atoms in total. The van der Waals surface area contributed by atoms with E-state index < -0.39 is 0 Å². The van der Waals surface area contributed by atoms with Gasteiger partial charge in [0.05, 0.1) is 11.1 Å². The summed E-state index contributed by atoms with van der Waals surface area (Å²) < 4.78 is 0.823. The van der Waals surface area contributed by atoms with Crippen molar-refractivity contribution < 1.29 is 4.79 Å². The summed E-state index contributed by atoms with van der Waals surface area (Å²) in [4.78, 5) is 13.3. The number of benzene rings is 1. The summed E-state index contributed by atoms with van der Waals surface area (Å²) in [5.41, 5.74) is 6.45. The van der Waals surface area contributed by atoms with E-state index in [0.29, 0.717) is 18.0 Å². The fourth-order valence-corrected chi connectivity index (χ4v) is 2.03. The van der Waals surface area contributed by atoms with Crippen LogP contribution in [0.2, 0.25) is 5.02 Å². The first kappa shape index (κ1) is 10.9. The molecule has 1 aliphatic rings. The van der Waals surface area contributed by atoms with Gasteiger partial charge in [0.2, 0.25) is 5.91 Å². The minimum absolute atomic E-state index is 0.0339. The molecule has 15 heavy (non-hydrogen) atoms. The summed E-state index contributed by atoms with van der Waals surface area (Å²) >= 11 is 9.27. The molecule has 5 heteroatoms. The maximum Gasteiger partial charge on any atom is 0.243 e. The Morgan fingerprint density at radius 2 is 2.27 bits per heavy atom. The molecule has 1 aliphatic heterocycles. The van der Waals surface area contributed by atoms with Gasteiger partial charge in [-0.15, -0.1) is 0 Å². The number of hydrogen-bond acceptors (Lipinski definition) is 2. The highest BCUT2D eigenvalue weighted by Gasteiger charge is 2.29. The number of hydrogen-bond donors (Lipinski definition) is 1. The van der Waals surface area contributed by atoms with Crippen molar-refractivity contribution in [3.63, 3.8) is 0 Å². The predicted molar refractivity (Wildman–Crippen MR) is 64.1 cm³/mol. The number of rotatable bonds is 1. The first-order chi connectivity index (χ1) is 7.09. The average molecular weight is 290 g/mol. The molecule has 1 heterocycles. The number of nitrogens with zero attached hydrogens (tertiary/aromatic N) is 1. The highest BCUT2D eigenvalue weighted by Crippen LogP contribution is 2.29. The van der Waals surface area contributed by atoms with Crippen LogP contribution in [0.25, 0.3) is 0 Å². The van der Waals surface area contributed by atoms with Crippen LogP contribution in [0.4, 0.5) is 5.69 Å². The van der Waals surface area contributed by atoms with Gasteiger partial charge < -0.3 is 10.6 Å². The van der Waals surface area contributed by atoms with E-state index in [0.717, 1.165) is 10.2 Å². The Morgan fingerprint density at radius 3 is 2.80 bits per heavy atom. The first-order valence-corrected chi connectivity index (χ1v) is 5.78. The topological polar surface area (TPSA) is 46.3 Å². The average Bonchev–Trinajstić information content (AvgIpc) is 2.53. The molecule has 1 amide bonds. The van der Waals surface area contributed by atoms with E-state index in [1.807, 2.05) is 12.1 Å². The van der Waals surface area contributed by atoms with Gasteiger partial charge in [-0.3, -0.25) is 4.79 Å². The molecule has 80 valence electrons. The monoisotopic (exact) mass is 288 g/mol. The smallest absolute Gasteiger partial charge is 0.243 e. The van der Waals surface area contributed by atoms with E-state index in [-0.39, 0.29) is 11.9 Å². The Balaban J connectivity index is 2.31. The highest BCUT2D eigenvalue weighted by atomic mass is 79.9. The Hall–Kier alpha value is -0.580. The van der Waals surface area contributed by atoms with Crippen LogP contribution < -0.4 is 10.6 Å². The zero-order valence-electron chi connectivity index (χ0n) is 7.91. The molecule has 1 aromatic carbocycles. The number of carbonyl (C=O) groups is 1. The molecule has 2 N–H and O–H groups in total. The highest BCUT2D eigenvalue weighted by molar-refractivity contribution is 9.10. The van der Waals surface area contributed by atoms with E-state index in [9.17, 15) is 4.79 Å². The van der Waals surface area contributed by atoms with E-state index >= 15 is 0 Å². The van der Waals surface area contributed by atoms with Gasteiger partial charge in [0.25, 0.3) is 0 Å². The number of nitrogens with two attached hydrogens (primary N) is 1. The van der Waals surface area contributed by atoms with Gasteiger partial charge >= 0.3 is 0 Å². The van der Waals surface area contributed by atoms with Crippen LogP contribution in [0.5, 0.6) is 0 Å². The SMILES string of the molecule is NC1CCN(c2ccc(Br)c(Cl)c2)C1=O. The molecule has 0 aromatic heterocycles. The van der Waals surface area contributed by atoms with Crippen LogP contribution in [0, 0.1) is 0 Å². The zero-order valence-corrected chi connectivity index (χ0v) is 10.3. The molecule has 0 spiro atoms. The van der Waals surface area contributed by atoms with Crippen molar-refractivity contribution in [2.24, 2.45) is 5.73 Å². The van der Waals surface area contributed by atoms with Crippen LogP contribution in [0.3, 0.4) is 0 Å². The number of amides is 1. The minimum Gasteiger partial charge on any atom is -0.320 e. The number of carbonyl (C=O) groups excluding carboxylic acids is 1. The quantitative estimate of drug-likeness (QED) is 0.861. The van der Waals surface area contributed by atoms with E-state index in [4.69, 9.17) is 17.3 Å². The summed E-state index contributed by atoms with van der Waals surface area (Å²) in [5, 5.41) is 0.598. The van der Waals surface area contributed by atoms with Gasteiger partial charge in [0, 0.05) is 16.7 Å². The lowest BCUT2D eigenvalue weighted by Gasteiger charge is -2.16. The molecule has 1 aromatic rings. The summed E-state index contributed by atoms with van der Waals surface area (Å²) in [5.74, 6) is -0.0339.